The summed E-state index contributed by atoms with van der Waals surface area (Å²) in [6.45, 7) is 5.86. The molecule has 1 rings (SSSR count). The third-order valence-corrected chi connectivity index (χ3v) is 2.21. The number of nitrogens with one attached hydrogen (secondary N) is 1. The first kappa shape index (κ1) is 10.6. The van der Waals surface area contributed by atoms with Crippen LogP contribution in [0.2, 0.25) is 0 Å². The number of primary amides is 1. The molecule has 3 N–H and O–H groups in total. The molecule has 0 fully saturated rings. The average Bonchev–Trinajstić information content (AvgIpc) is 2.02. The van der Waals surface area contributed by atoms with Crippen molar-refractivity contribution in [2.24, 2.45) is 5.73 Å². The van der Waals surface area contributed by atoms with Crippen LogP contribution in [-0.4, -0.2) is 6.03 Å². The van der Waals surface area contributed by atoms with Gasteiger partial charge in [-0.05, 0) is 26.3 Å². The normalized spacial score (nSPS) is 11.1. The smallest absolute Gasteiger partial charge is 0.312 e. The number of amides is 2. The van der Waals surface area contributed by atoms with Crippen molar-refractivity contribution in [2.75, 3.05) is 0 Å². The lowest BCUT2D eigenvalue weighted by molar-refractivity contribution is 0.238. The number of rotatable bonds is 2. The average molecular weight is 192 g/mol. The number of nitrogens with two attached hydrogens (primary N) is 1. The van der Waals surface area contributed by atoms with Gasteiger partial charge >= 0.3 is 6.03 Å². The third kappa shape index (κ3) is 2.49. The van der Waals surface area contributed by atoms with Gasteiger partial charge in [0, 0.05) is 0 Å². The molecule has 0 heterocycles. The summed E-state index contributed by atoms with van der Waals surface area (Å²) in [5.41, 5.74) is 6.92. The summed E-state index contributed by atoms with van der Waals surface area (Å²) in [4.78, 5) is 10.8. The van der Waals surface area contributed by atoms with Crippen molar-refractivity contribution in [3.8, 4) is 0 Å². The number of benzene rings is 1. The predicted molar refractivity (Wildman–Crippen MR) is 56.9 cm³/mol. The van der Waals surface area contributed by atoms with Crippen molar-refractivity contribution in [2.45, 2.75) is 26.3 Å². The number of carbonyl (C=O) groups is 1. The Morgan fingerprint density at radius 3 is 2.21 bits per heavy atom. The summed E-state index contributed by atoms with van der Waals surface area (Å²) in [5.74, 6) is 0. The molecule has 0 spiro atoms. The second-order valence-electron chi connectivity index (χ2n) is 3.98. The van der Waals surface area contributed by atoms with Crippen LogP contribution < -0.4 is 11.1 Å². The third-order valence-electron chi connectivity index (χ3n) is 2.21. The maximum absolute atomic E-state index is 10.8. The van der Waals surface area contributed by atoms with Crippen molar-refractivity contribution in [1.29, 1.82) is 0 Å². The molecule has 0 aliphatic carbocycles. The van der Waals surface area contributed by atoms with E-state index in [2.05, 4.69) is 5.32 Å². The van der Waals surface area contributed by atoms with E-state index < -0.39 is 11.6 Å². The van der Waals surface area contributed by atoms with Crippen LogP contribution in [0.1, 0.15) is 25.0 Å². The Bertz CT molecular complexity index is 328. The van der Waals surface area contributed by atoms with Crippen molar-refractivity contribution in [1.82, 2.24) is 5.32 Å². The number of urea groups is 1. The van der Waals surface area contributed by atoms with E-state index in [1.54, 1.807) is 0 Å². The van der Waals surface area contributed by atoms with Gasteiger partial charge in [0.05, 0.1) is 5.54 Å². The monoisotopic (exact) mass is 192 g/mol. The van der Waals surface area contributed by atoms with Crippen molar-refractivity contribution >= 4 is 6.03 Å². The minimum atomic E-state index is -0.504. The minimum Gasteiger partial charge on any atom is -0.352 e. The summed E-state index contributed by atoms with van der Waals surface area (Å²) >= 11 is 0. The summed E-state index contributed by atoms with van der Waals surface area (Å²) in [6.07, 6.45) is 0. The quantitative estimate of drug-likeness (QED) is 0.738. The number of carbonyl (C=O) groups excluding carboxylic acids is 1. The van der Waals surface area contributed by atoms with Gasteiger partial charge in [-0.25, -0.2) is 4.79 Å². The first-order valence-electron chi connectivity index (χ1n) is 4.56. The highest BCUT2D eigenvalue weighted by Crippen LogP contribution is 2.19. The van der Waals surface area contributed by atoms with E-state index in [0.717, 1.165) is 5.56 Å². The van der Waals surface area contributed by atoms with Gasteiger partial charge in [-0.2, -0.15) is 0 Å². The highest BCUT2D eigenvalue weighted by atomic mass is 16.2. The van der Waals surface area contributed by atoms with Gasteiger partial charge in [-0.15, -0.1) is 0 Å². The van der Waals surface area contributed by atoms with E-state index in [1.165, 1.54) is 5.56 Å². The van der Waals surface area contributed by atoms with Crippen LogP contribution in [-0.2, 0) is 5.54 Å². The lowest BCUT2D eigenvalue weighted by Crippen LogP contribution is -2.43. The maximum atomic E-state index is 10.8. The molecule has 14 heavy (non-hydrogen) atoms. The summed E-state index contributed by atoms with van der Waals surface area (Å²) < 4.78 is 0. The predicted octanol–water partition coefficient (Wildman–Crippen LogP) is 1.90. The molecule has 3 nitrogen and oxygen atoms in total. The molecular formula is C11H16N2O. The maximum Gasteiger partial charge on any atom is 0.312 e. The van der Waals surface area contributed by atoms with Crippen molar-refractivity contribution < 1.29 is 4.79 Å². The van der Waals surface area contributed by atoms with Gasteiger partial charge in [-0.3, -0.25) is 0 Å². The van der Waals surface area contributed by atoms with Gasteiger partial charge < -0.3 is 11.1 Å². The Hall–Kier alpha value is -1.51. The van der Waals surface area contributed by atoms with Gasteiger partial charge in [0.25, 0.3) is 0 Å². The fraction of sp³-hybridized carbons (Fsp3) is 0.364. The van der Waals surface area contributed by atoms with Crippen LogP contribution in [0.15, 0.2) is 24.3 Å². The van der Waals surface area contributed by atoms with E-state index in [0.29, 0.717) is 0 Å². The molecule has 2 amide bonds. The van der Waals surface area contributed by atoms with Gasteiger partial charge in [0.2, 0.25) is 0 Å². The van der Waals surface area contributed by atoms with Crippen LogP contribution >= 0.6 is 0 Å². The van der Waals surface area contributed by atoms with E-state index in [4.69, 9.17) is 5.73 Å². The van der Waals surface area contributed by atoms with E-state index in [-0.39, 0.29) is 0 Å². The topological polar surface area (TPSA) is 55.1 Å². The van der Waals surface area contributed by atoms with Crippen molar-refractivity contribution in [3.05, 3.63) is 35.4 Å². The fourth-order valence-electron chi connectivity index (χ4n) is 1.35. The zero-order valence-electron chi connectivity index (χ0n) is 8.79. The van der Waals surface area contributed by atoms with E-state index in [1.807, 2.05) is 45.0 Å². The van der Waals surface area contributed by atoms with Crippen LogP contribution in [0.25, 0.3) is 0 Å². The molecule has 3 heteroatoms. The number of aryl methyl sites for hydroxylation is 1. The molecule has 0 radical (unpaired) electrons. The summed E-state index contributed by atoms with van der Waals surface area (Å²) in [5, 5.41) is 2.69. The largest absolute Gasteiger partial charge is 0.352 e. The molecule has 0 aliphatic heterocycles. The molecular weight excluding hydrogens is 176 g/mol. The highest BCUT2D eigenvalue weighted by Gasteiger charge is 2.20. The Morgan fingerprint density at radius 2 is 1.79 bits per heavy atom. The lowest BCUT2D eigenvalue weighted by Gasteiger charge is -2.25. The Labute approximate surface area is 84.3 Å². The second kappa shape index (κ2) is 3.70. The molecule has 0 saturated carbocycles. The molecule has 0 bridgehead atoms. The standard InChI is InChI=1S/C11H16N2O/c1-8-4-6-9(7-5-8)11(2,3)13-10(12)14/h4-7H,1-3H3,(H3,12,13,14). The second-order valence-corrected chi connectivity index (χ2v) is 3.98. The van der Waals surface area contributed by atoms with Crippen molar-refractivity contribution in [3.63, 3.8) is 0 Å². The SMILES string of the molecule is Cc1ccc(C(C)(C)NC(N)=O)cc1. The molecule has 0 aromatic heterocycles. The molecule has 1 aromatic carbocycles. The van der Waals surface area contributed by atoms with E-state index in [9.17, 15) is 4.79 Å². The van der Waals surface area contributed by atoms with Crippen LogP contribution in [0, 0.1) is 6.92 Å². The zero-order valence-corrected chi connectivity index (χ0v) is 8.79. The lowest BCUT2D eigenvalue weighted by atomic mass is 9.94. The van der Waals surface area contributed by atoms with Gasteiger partial charge in [-0.1, -0.05) is 29.8 Å². The molecule has 0 unspecified atom stereocenters. The van der Waals surface area contributed by atoms with Crippen LogP contribution in [0.4, 0.5) is 4.79 Å². The Morgan fingerprint density at radius 1 is 1.29 bits per heavy atom. The van der Waals surface area contributed by atoms with Gasteiger partial charge in [0.15, 0.2) is 0 Å². The first-order valence-corrected chi connectivity index (χ1v) is 4.56. The molecule has 0 atom stereocenters. The first-order chi connectivity index (χ1) is 6.42. The number of hydrogen-bond donors (Lipinski definition) is 2. The molecule has 0 aliphatic rings. The fourth-order valence-corrected chi connectivity index (χ4v) is 1.35. The Balaban J connectivity index is 2.91. The molecule has 0 saturated heterocycles. The van der Waals surface area contributed by atoms with Crippen LogP contribution in [0.3, 0.4) is 0 Å². The van der Waals surface area contributed by atoms with Crippen LogP contribution in [0.5, 0.6) is 0 Å². The van der Waals surface area contributed by atoms with Gasteiger partial charge in [0.1, 0.15) is 0 Å². The van der Waals surface area contributed by atoms with E-state index >= 15 is 0 Å². The minimum absolute atomic E-state index is 0.417. The molecule has 76 valence electrons. The zero-order chi connectivity index (χ0) is 10.8. The summed E-state index contributed by atoms with van der Waals surface area (Å²) in [6, 6.07) is 7.51. The summed E-state index contributed by atoms with van der Waals surface area (Å²) in [7, 11) is 0. The highest BCUT2D eigenvalue weighted by molar-refractivity contribution is 5.72. The molecule has 1 aromatic rings. The number of hydrogen-bond acceptors (Lipinski definition) is 1. The Kier molecular flexibility index (Phi) is 2.79.